The van der Waals surface area contributed by atoms with Crippen LogP contribution in [0.15, 0.2) is 60.1 Å². The van der Waals surface area contributed by atoms with E-state index in [0.717, 1.165) is 65.5 Å². The predicted molar refractivity (Wildman–Crippen MR) is 133 cm³/mol. The lowest BCUT2D eigenvalue weighted by Crippen LogP contribution is -2.46. The van der Waals surface area contributed by atoms with Crippen molar-refractivity contribution in [2.24, 2.45) is 0 Å². The Bertz CT molecular complexity index is 1180. The van der Waals surface area contributed by atoms with Crippen molar-refractivity contribution in [2.45, 2.75) is 6.92 Å². The number of ether oxygens (including phenoxy) is 1. The van der Waals surface area contributed by atoms with Gasteiger partial charge in [0.2, 0.25) is 5.95 Å². The van der Waals surface area contributed by atoms with Crippen LogP contribution in [0.25, 0.3) is 21.3 Å². The number of hydrogen-bond acceptors (Lipinski definition) is 7. The van der Waals surface area contributed by atoms with Gasteiger partial charge in [-0.25, -0.2) is 9.97 Å². The number of benzene rings is 2. The number of likely N-dealkylation sites (N-methyl/N-ethyl adjacent to an activating group) is 1. The van der Waals surface area contributed by atoms with Crippen LogP contribution in [0.1, 0.15) is 6.92 Å². The maximum atomic E-state index is 5.28. The van der Waals surface area contributed by atoms with Gasteiger partial charge in [0, 0.05) is 48.5 Å². The maximum Gasteiger partial charge on any atom is 0.227 e. The van der Waals surface area contributed by atoms with Gasteiger partial charge >= 0.3 is 0 Å². The van der Waals surface area contributed by atoms with E-state index in [-0.39, 0.29) is 0 Å². The molecule has 4 aromatic rings. The summed E-state index contributed by atoms with van der Waals surface area (Å²) >= 11 is 1.66. The summed E-state index contributed by atoms with van der Waals surface area (Å²) < 4.78 is 6.35. The fourth-order valence-electron chi connectivity index (χ4n) is 4.07. The monoisotopic (exact) mass is 445 g/mol. The third-order valence-electron chi connectivity index (χ3n) is 6.02. The molecule has 2 aromatic carbocycles. The van der Waals surface area contributed by atoms with E-state index in [9.17, 15) is 0 Å². The zero-order valence-electron chi connectivity index (χ0n) is 18.4. The molecule has 0 unspecified atom stereocenters. The molecule has 1 aliphatic rings. The molecule has 2 aromatic heterocycles. The normalized spacial score (nSPS) is 14.6. The number of nitrogens with one attached hydrogen (secondary N) is 1. The average molecular weight is 446 g/mol. The van der Waals surface area contributed by atoms with Gasteiger partial charge in [0.1, 0.15) is 5.75 Å². The Hall–Kier alpha value is -3.16. The highest BCUT2D eigenvalue weighted by Crippen LogP contribution is 2.34. The van der Waals surface area contributed by atoms with Gasteiger partial charge in [0.25, 0.3) is 0 Å². The van der Waals surface area contributed by atoms with Crippen LogP contribution in [-0.2, 0) is 0 Å². The zero-order valence-corrected chi connectivity index (χ0v) is 19.2. The quantitative estimate of drug-likeness (QED) is 0.437. The van der Waals surface area contributed by atoms with Crippen molar-refractivity contribution in [2.75, 3.05) is 50.1 Å². The van der Waals surface area contributed by atoms with Gasteiger partial charge in [-0.2, -0.15) is 0 Å². The minimum atomic E-state index is 0.606. The number of piperazine rings is 1. The third-order valence-corrected chi connectivity index (χ3v) is 6.93. The van der Waals surface area contributed by atoms with Crippen LogP contribution in [0, 0.1) is 0 Å². The van der Waals surface area contributed by atoms with Crippen molar-refractivity contribution in [1.29, 1.82) is 0 Å². The minimum absolute atomic E-state index is 0.606. The van der Waals surface area contributed by atoms with Gasteiger partial charge in [-0.15, -0.1) is 11.3 Å². The molecular weight excluding hydrogens is 418 g/mol. The second kappa shape index (κ2) is 9.14. The fourth-order valence-corrected chi connectivity index (χ4v) is 4.94. The average Bonchev–Trinajstić information content (AvgIpc) is 3.28. The Morgan fingerprint density at radius 2 is 1.75 bits per heavy atom. The number of fused-ring (bicyclic) bond motifs is 1. The molecule has 6 nitrogen and oxygen atoms in total. The van der Waals surface area contributed by atoms with E-state index in [1.165, 1.54) is 5.69 Å². The molecule has 0 aliphatic carbocycles. The maximum absolute atomic E-state index is 5.28. The van der Waals surface area contributed by atoms with Gasteiger partial charge in [-0.3, -0.25) is 0 Å². The van der Waals surface area contributed by atoms with Crippen molar-refractivity contribution in [3.05, 3.63) is 60.1 Å². The number of rotatable bonds is 6. The standard InChI is InChI=1S/C25H27N5OS/c1-3-29-12-14-30(15-13-29)20-8-6-19(7-9-20)27-25-26-16-23-24(28-25)22(17-32-23)18-4-10-21(31-2)11-5-18/h4-11,16-17H,3,12-15H2,1-2H3,(H,26,27,28). The van der Waals surface area contributed by atoms with E-state index in [1.807, 2.05) is 18.3 Å². The van der Waals surface area contributed by atoms with Crippen molar-refractivity contribution in [1.82, 2.24) is 14.9 Å². The smallest absolute Gasteiger partial charge is 0.227 e. The van der Waals surface area contributed by atoms with Gasteiger partial charge in [-0.1, -0.05) is 19.1 Å². The molecule has 0 bridgehead atoms. The van der Waals surface area contributed by atoms with Crippen LogP contribution in [0.3, 0.4) is 0 Å². The van der Waals surface area contributed by atoms with E-state index in [4.69, 9.17) is 9.72 Å². The Kier molecular flexibility index (Phi) is 5.92. The minimum Gasteiger partial charge on any atom is -0.497 e. The summed E-state index contributed by atoms with van der Waals surface area (Å²) in [6.07, 6.45) is 1.89. The van der Waals surface area contributed by atoms with E-state index in [1.54, 1.807) is 18.4 Å². The van der Waals surface area contributed by atoms with Crippen LogP contribution in [0.5, 0.6) is 5.75 Å². The number of anilines is 3. The molecule has 5 rings (SSSR count). The van der Waals surface area contributed by atoms with Crippen molar-refractivity contribution >= 4 is 38.9 Å². The molecule has 0 atom stereocenters. The van der Waals surface area contributed by atoms with Gasteiger partial charge in [0.05, 0.1) is 23.5 Å². The molecule has 0 saturated carbocycles. The summed E-state index contributed by atoms with van der Waals surface area (Å²) in [6.45, 7) is 7.76. The SMILES string of the molecule is CCN1CCN(c2ccc(Nc3ncc4scc(-c5ccc(OC)cc5)c4n3)cc2)CC1. The first kappa shape index (κ1) is 20.7. The lowest BCUT2D eigenvalue weighted by Gasteiger charge is -2.35. The first-order chi connectivity index (χ1) is 15.7. The summed E-state index contributed by atoms with van der Waals surface area (Å²) in [5, 5.41) is 5.50. The molecule has 0 amide bonds. The third kappa shape index (κ3) is 4.26. The molecule has 0 radical (unpaired) electrons. The first-order valence-corrected chi connectivity index (χ1v) is 11.8. The van der Waals surface area contributed by atoms with Crippen LogP contribution < -0.4 is 15.0 Å². The first-order valence-electron chi connectivity index (χ1n) is 11.0. The topological polar surface area (TPSA) is 53.5 Å². The Morgan fingerprint density at radius 3 is 2.44 bits per heavy atom. The summed E-state index contributed by atoms with van der Waals surface area (Å²) in [5.74, 6) is 1.45. The van der Waals surface area contributed by atoms with Crippen molar-refractivity contribution in [3.8, 4) is 16.9 Å². The van der Waals surface area contributed by atoms with Gasteiger partial charge in [-0.05, 0) is 48.5 Å². The molecule has 0 spiro atoms. The van der Waals surface area contributed by atoms with E-state index < -0.39 is 0 Å². The summed E-state index contributed by atoms with van der Waals surface area (Å²) in [6, 6.07) is 16.6. The number of thiophene rings is 1. The molecule has 1 saturated heterocycles. The number of methoxy groups -OCH3 is 1. The number of aromatic nitrogens is 2. The second-order valence-corrected chi connectivity index (χ2v) is 8.79. The Morgan fingerprint density at radius 1 is 1.00 bits per heavy atom. The summed E-state index contributed by atoms with van der Waals surface area (Å²) in [7, 11) is 1.68. The fraction of sp³-hybridized carbons (Fsp3) is 0.280. The molecule has 3 heterocycles. The molecule has 164 valence electrons. The summed E-state index contributed by atoms with van der Waals surface area (Å²) in [4.78, 5) is 14.3. The highest BCUT2D eigenvalue weighted by molar-refractivity contribution is 7.17. The highest BCUT2D eigenvalue weighted by atomic mass is 32.1. The Labute approximate surface area is 192 Å². The van der Waals surface area contributed by atoms with E-state index >= 15 is 0 Å². The van der Waals surface area contributed by atoms with Gasteiger partial charge in [0.15, 0.2) is 0 Å². The molecule has 1 fully saturated rings. The largest absolute Gasteiger partial charge is 0.497 e. The van der Waals surface area contributed by atoms with Crippen LogP contribution in [-0.4, -0.2) is 54.7 Å². The van der Waals surface area contributed by atoms with Crippen LogP contribution in [0.2, 0.25) is 0 Å². The lowest BCUT2D eigenvalue weighted by atomic mass is 10.1. The Balaban J connectivity index is 1.33. The molecule has 7 heteroatoms. The van der Waals surface area contributed by atoms with Crippen molar-refractivity contribution < 1.29 is 4.74 Å². The van der Waals surface area contributed by atoms with E-state index in [0.29, 0.717) is 5.95 Å². The molecule has 32 heavy (non-hydrogen) atoms. The number of nitrogens with zero attached hydrogens (tertiary/aromatic N) is 4. The second-order valence-electron chi connectivity index (χ2n) is 7.88. The van der Waals surface area contributed by atoms with Crippen LogP contribution >= 0.6 is 11.3 Å². The number of hydrogen-bond donors (Lipinski definition) is 1. The molecular formula is C25H27N5OS. The highest BCUT2D eigenvalue weighted by Gasteiger charge is 2.16. The predicted octanol–water partition coefficient (Wildman–Crippen LogP) is 5.25. The molecule has 1 aliphatic heterocycles. The summed E-state index contributed by atoms with van der Waals surface area (Å²) in [5.41, 5.74) is 5.45. The van der Waals surface area contributed by atoms with Crippen molar-refractivity contribution in [3.63, 3.8) is 0 Å². The van der Waals surface area contributed by atoms with Crippen LogP contribution in [0.4, 0.5) is 17.3 Å². The lowest BCUT2D eigenvalue weighted by molar-refractivity contribution is 0.271. The molecule has 1 N–H and O–H groups in total. The zero-order chi connectivity index (χ0) is 21.9. The van der Waals surface area contributed by atoms with E-state index in [2.05, 4.69) is 68.8 Å². The van der Waals surface area contributed by atoms with Gasteiger partial charge < -0.3 is 19.9 Å².